The molecule has 1 N–H and O–H groups in total. The molecule has 0 aromatic carbocycles. The van der Waals surface area contributed by atoms with Gasteiger partial charge in [0.05, 0.1) is 6.61 Å². The number of aliphatic hydroxyl groups excluding tert-OH is 1. The van der Waals surface area contributed by atoms with Crippen molar-refractivity contribution in [3.63, 3.8) is 0 Å². The Morgan fingerprint density at radius 2 is 0.581 bits per heavy atom. The molecule has 0 fully saturated rings. The van der Waals surface area contributed by atoms with Crippen LogP contribution < -0.4 is 0 Å². The van der Waals surface area contributed by atoms with E-state index in [1.807, 2.05) is 0 Å². The highest BCUT2D eigenvalue weighted by Gasteiger charge is 2.16. The quantitative estimate of drug-likeness (QED) is 0.0373. The standard InChI is InChI=1S/C69H122O5/c1-3-5-7-9-11-13-15-17-19-21-23-24-25-26-27-28-29-30-31-32-33-34-35-36-37-38-39-40-41-42-43-44-46-48-50-52-54-56-58-60-62-64-69(72)74-67(65-70)66-73-68(71)63-61-59-57-55-53-51-49-47-45-22-20-18-16-14-12-10-8-6-4-2/h5,7,11,13,17,19,23-24,26-27,29-30,32-33,67,70H,3-4,6,8-10,12,14-16,18,20-22,25,28,31,34-66H2,1-2H3/b7-5-,13-11-,19-17-,24-23-,27-26-,30-29-,33-32-. The van der Waals surface area contributed by atoms with E-state index in [4.69, 9.17) is 9.47 Å². The molecule has 0 saturated carbocycles. The first-order chi connectivity index (χ1) is 36.6. The van der Waals surface area contributed by atoms with Gasteiger partial charge < -0.3 is 14.6 Å². The van der Waals surface area contributed by atoms with Gasteiger partial charge in [-0.05, 0) is 70.6 Å². The molecule has 1 unspecified atom stereocenters. The Bertz CT molecular complexity index is 1350. The van der Waals surface area contributed by atoms with Gasteiger partial charge >= 0.3 is 11.9 Å². The van der Waals surface area contributed by atoms with Crippen LogP contribution in [0.15, 0.2) is 85.1 Å². The fourth-order valence-corrected chi connectivity index (χ4v) is 9.42. The molecule has 0 aliphatic rings. The summed E-state index contributed by atoms with van der Waals surface area (Å²) >= 11 is 0. The van der Waals surface area contributed by atoms with Gasteiger partial charge in [-0.2, -0.15) is 0 Å². The Morgan fingerprint density at radius 1 is 0.324 bits per heavy atom. The molecule has 0 heterocycles. The first kappa shape index (κ1) is 71.1. The highest BCUT2D eigenvalue weighted by Crippen LogP contribution is 2.18. The number of ether oxygens (including phenoxy) is 2. The number of hydrogen-bond donors (Lipinski definition) is 1. The number of hydrogen-bond acceptors (Lipinski definition) is 5. The van der Waals surface area contributed by atoms with Crippen LogP contribution in [0.25, 0.3) is 0 Å². The summed E-state index contributed by atoms with van der Waals surface area (Å²) in [5.41, 5.74) is 0. The first-order valence-electron chi connectivity index (χ1n) is 32.1. The molecule has 0 radical (unpaired) electrons. The fraction of sp³-hybridized carbons (Fsp3) is 0.768. The second-order valence-electron chi connectivity index (χ2n) is 21.5. The van der Waals surface area contributed by atoms with Gasteiger partial charge in [0.2, 0.25) is 0 Å². The van der Waals surface area contributed by atoms with Crippen molar-refractivity contribution in [3.8, 4) is 0 Å². The zero-order valence-electron chi connectivity index (χ0n) is 49.1. The molecule has 428 valence electrons. The van der Waals surface area contributed by atoms with Crippen LogP contribution in [0.4, 0.5) is 0 Å². The van der Waals surface area contributed by atoms with Crippen molar-refractivity contribution in [2.45, 2.75) is 328 Å². The number of rotatable bonds is 59. The Morgan fingerprint density at radius 3 is 0.878 bits per heavy atom. The SMILES string of the molecule is CC/C=C\C/C=C\C/C=C\C/C=C\C/C=C\C/C=C\C/C=C\CCCCCCCCCCCCCCCCCCCCCC(=O)OC(CO)COC(=O)CCCCCCCCCCCCCCCCCCCCC. The lowest BCUT2D eigenvalue weighted by molar-refractivity contribution is -0.161. The largest absolute Gasteiger partial charge is 0.462 e. The lowest BCUT2D eigenvalue weighted by Gasteiger charge is -2.15. The average molecular weight is 1030 g/mol. The second kappa shape index (κ2) is 64.4. The molecule has 0 aromatic heterocycles. The monoisotopic (exact) mass is 1030 g/mol. The predicted molar refractivity (Wildman–Crippen MR) is 325 cm³/mol. The van der Waals surface area contributed by atoms with Gasteiger partial charge in [-0.25, -0.2) is 0 Å². The summed E-state index contributed by atoms with van der Waals surface area (Å²) in [5.74, 6) is -0.574. The Labute approximate surface area is 460 Å². The van der Waals surface area contributed by atoms with Crippen LogP contribution in [0.3, 0.4) is 0 Å². The number of unbranched alkanes of at least 4 members (excludes halogenated alkanes) is 37. The van der Waals surface area contributed by atoms with E-state index in [1.165, 1.54) is 212 Å². The maximum atomic E-state index is 12.3. The predicted octanol–water partition coefficient (Wildman–Crippen LogP) is 22.1. The molecule has 1 atom stereocenters. The maximum Gasteiger partial charge on any atom is 0.306 e. The van der Waals surface area contributed by atoms with Crippen LogP contribution in [0, 0.1) is 0 Å². The van der Waals surface area contributed by atoms with Crippen molar-refractivity contribution in [2.24, 2.45) is 0 Å². The van der Waals surface area contributed by atoms with Crippen LogP contribution in [0.2, 0.25) is 0 Å². The molecule has 0 spiro atoms. The van der Waals surface area contributed by atoms with Crippen LogP contribution in [0.5, 0.6) is 0 Å². The number of esters is 2. The lowest BCUT2D eigenvalue weighted by atomic mass is 10.0. The smallest absolute Gasteiger partial charge is 0.306 e. The molecule has 0 aliphatic heterocycles. The molecule has 5 nitrogen and oxygen atoms in total. The summed E-state index contributed by atoms with van der Waals surface area (Å²) in [4.78, 5) is 24.6. The topological polar surface area (TPSA) is 72.8 Å². The molecule has 0 amide bonds. The Hall–Kier alpha value is -2.92. The lowest BCUT2D eigenvalue weighted by Crippen LogP contribution is -2.28. The van der Waals surface area contributed by atoms with Crippen molar-refractivity contribution in [1.29, 1.82) is 0 Å². The van der Waals surface area contributed by atoms with E-state index < -0.39 is 6.10 Å². The highest BCUT2D eigenvalue weighted by atomic mass is 16.6. The summed E-state index contributed by atoms with van der Waals surface area (Å²) in [5, 5.41) is 9.67. The van der Waals surface area contributed by atoms with Gasteiger partial charge in [-0.1, -0.05) is 324 Å². The molecule has 5 heteroatoms. The van der Waals surface area contributed by atoms with Gasteiger partial charge in [0.1, 0.15) is 6.61 Å². The minimum Gasteiger partial charge on any atom is -0.462 e. The van der Waals surface area contributed by atoms with E-state index in [9.17, 15) is 14.7 Å². The Balaban J connectivity index is 3.44. The molecular formula is C69H122O5. The zero-order valence-corrected chi connectivity index (χ0v) is 49.1. The summed E-state index contributed by atoms with van der Waals surface area (Å²) in [6.45, 7) is 4.07. The number of allylic oxidation sites excluding steroid dienone is 14. The van der Waals surface area contributed by atoms with Gasteiger partial charge in [0, 0.05) is 12.8 Å². The third kappa shape index (κ3) is 61.6. The molecular weight excluding hydrogens is 909 g/mol. The van der Waals surface area contributed by atoms with Crippen LogP contribution in [0.1, 0.15) is 322 Å². The average Bonchev–Trinajstić information content (AvgIpc) is 3.40. The van der Waals surface area contributed by atoms with Gasteiger partial charge in [-0.3, -0.25) is 9.59 Å². The van der Waals surface area contributed by atoms with Crippen LogP contribution in [-0.4, -0.2) is 36.4 Å². The van der Waals surface area contributed by atoms with Crippen molar-refractivity contribution in [3.05, 3.63) is 85.1 Å². The maximum absolute atomic E-state index is 12.3. The van der Waals surface area contributed by atoms with Crippen molar-refractivity contribution in [2.75, 3.05) is 13.2 Å². The third-order valence-electron chi connectivity index (χ3n) is 14.2. The fourth-order valence-electron chi connectivity index (χ4n) is 9.42. The molecule has 0 aliphatic carbocycles. The van der Waals surface area contributed by atoms with E-state index in [0.29, 0.717) is 12.8 Å². The van der Waals surface area contributed by atoms with E-state index in [2.05, 4.69) is 98.9 Å². The summed E-state index contributed by atoms with van der Waals surface area (Å²) in [6.07, 6.45) is 90.2. The summed E-state index contributed by atoms with van der Waals surface area (Å²) < 4.78 is 10.7. The molecule has 0 saturated heterocycles. The minimum atomic E-state index is -0.771. The van der Waals surface area contributed by atoms with Crippen molar-refractivity contribution >= 4 is 11.9 Å². The van der Waals surface area contributed by atoms with Gasteiger partial charge in [0.15, 0.2) is 6.10 Å². The Kier molecular flexibility index (Phi) is 61.8. The zero-order chi connectivity index (χ0) is 53.4. The van der Waals surface area contributed by atoms with E-state index in [1.54, 1.807) is 0 Å². The van der Waals surface area contributed by atoms with E-state index in [0.717, 1.165) is 83.5 Å². The molecule has 0 aromatic rings. The van der Waals surface area contributed by atoms with Gasteiger partial charge in [-0.15, -0.1) is 0 Å². The second-order valence-corrected chi connectivity index (χ2v) is 21.5. The molecule has 0 rings (SSSR count). The normalized spacial score (nSPS) is 12.7. The highest BCUT2D eigenvalue weighted by molar-refractivity contribution is 5.70. The summed E-state index contributed by atoms with van der Waals surface area (Å²) in [6, 6.07) is 0. The van der Waals surface area contributed by atoms with E-state index >= 15 is 0 Å². The summed E-state index contributed by atoms with van der Waals surface area (Å²) in [7, 11) is 0. The van der Waals surface area contributed by atoms with Crippen molar-refractivity contribution < 1.29 is 24.2 Å². The number of aliphatic hydroxyl groups is 1. The number of carbonyl (C=O) groups excluding carboxylic acids is 2. The minimum absolute atomic E-state index is 0.0617. The van der Waals surface area contributed by atoms with Crippen LogP contribution in [-0.2, 0) is 19.1 Å². The van der Waals surface area contributed by atoms with Gasteiger partial charge in [0.25, 0.3) is 0 Å². The third-order valence-corrected chi connectivity index (χ3v) is 14.2. The molecule has 0 bridgehead atoms. The number of carbonyl (C=O) groups is 2. The first-order valence-corrected chi connectivity index (χ1v) is 32.1. The van der Waals surface area contributed by atoms with Crippen LogP contribution >= 0.6 is 0 Å². The van der Waals surface area contributed by atoms with Crippen molar-refractivity contribution in [1.82, 2.24) is 0 Å². The molecule has 74 heavy (non-hydrogen) atoms. The van der Waals surface area contributed by atoms with E-state index in [-0.39, 0.29) is 25.2 Å².